The molecule has 2 heteroatoms. The van der Waals surface area contributed by atoms with E-state index in [2.05, 4.69) is 19.1 Å². The summed E-state index contributed by atoms with van der Waals surface area (Å²) in [4.78, 5) is 0. The van der Waals surface area contributed by atoms with Gasteiger partial charge in [-0.2, -0.15) is 0 Å². The normalized spacial score (nSPS) is 10.9. The summed E-state index contributed by atoms with van der Waals surface area (Å²) >= 11 is 0. The molecule has 0 amide bonds. The molecule has 0 spiro atoms. The fraction of sp³-hybridized carbons (Fsp3) is 0.889. The molecule has 0 aromatic heterocycles. The van der Waals surface area contributed by atoms with E-state index in [9.17, 15) is 0 Å². The van der Waals surface area contributed by atoms with Crippen LogP contribution in [0.1, 0.15) is 98.2 Å². The SMILES string of the molecule is CCCCCCCC/C=C\CCCCCCCCN.[H-].[Na+]. The number of hydrogen-bond donors (Lipinski definition) is 1. The van der Waals surface area contributed by atoms with Crippen LogP contribution in [0.5, 0.6) is 0 Å². The predicted molar refractivity (Wildman–Crippen MR) is 89.6 cm³/mol. The van der Waals surface area contributed by atoms with Gasteiger partial charge in [0.1, 0.15) is 0 Å². The van der Waals surface area contributed by atoms with Gasteiger partial charge in [0.25, 0.3) is 0 Å². The first-order valence-electron chi connectivity index (χ1n) is 8.77. The molecule has 0 aliphatic heterocycles. The zero-order valence-corrected chi connectivity index (χ0v) is 16.3. The molecule has 0 unspecified atom stereocenters. The Balaban J connectivity index is -0.00000162. The molecule has 0 aliphatic carbocycles. The second-order valence-corrected chi connectivity index (χ2v) is 5.73. The van der Waals surface area contributed by atoms with Gasteiger partial charge in [0.05, 0.1) is 0 Å². The molecule has 0 heterocycles. The predicted octanol–water partition coefficient (Wildman–Crippen LogP) is 3.10. The molecule has 0 saturated carbocycles. The van der Waals surface area contributed by atoms with Crippen molar-refractivity contribution in [3.8, 4) is 0 Å². The molecule has 0 aliphatic rings. The average molecular weight is 291 g/mol. The summed E-state index contributed by atoms with van der Waals surface area (Å²) in [6.07, 6.45) is 23.9. The van der Waals surface area contributed by atoms with Gasteiger partial charge in [0.2, 0.25) is 0 Å². The zero-order chi connectivity index (χ0) is 14.0. The van der Waals surface area contributed by atoms with Crippen LogP contribution in [0.15, 0.2) is 12.2 Å². The number of hydrogen-bond acceptors (Lipinski definition) is 1. The van der Waals surface area contributed by atoms with E-state index in [-0.39, 0.29) is 31.0 Å². The van der Waals surface area contributed by atoms with E-state index >= 15 is 0 Å². The van der Waals surface area contributed by atoms with Gasteiger partial charge in [-0.1, -0.05) is 76.9 Å². The van der Waals surface area contributed by atoms with E-state index in [1.54, 1.807) is 0 Å². The fourth-order valence-corrected chi connectivity index (χ4v) is 2.39. The minimum absolute atomic E-state index is 0. The van der Waals surface area contributed by atoms with Crippen molar-refractivity contribution in [1.82, 2.24) is 0 Å². The summed E-state index contributed by atoms with van der Waals surface area (Å²) in [6, 6.07) is 0. The minimum Gasteiger partial charge on any atom is -1.00 e. The molecule has 0 fully saturated rings. The van der Waals surface area contributed by atoms with Crippen molar-refractivity contribution in [2.24, 2.45) is 5.73 Å². The second-order valence-electron chi connectivity index (χ2n) is 5.73. The maximum Gasteiger partial charge on any atom is 1.00 e. The molecule has 0 bridgehead atoms. The maximum atomic E-state index is 5.47. The Hall–Kier alpha value is 0.700. The van der Waals surface area contributed by atoms with Crippen LogP contribution in [0.3, 0.4) is 0 Å². The maximum absolute atomic E-state index is 5.47. The number of unbranched alkanes of at least 4 members (excludes halogenated alkanes) is 12. The van der Waals surface area contributed by atoms with Crippen LogP contribution in [0, 0.1) is 0 Å². The smallest absolute Gasteiger partial charge is 1.00 e. The quantitative estimate of drug-likeness (QED) is 0.280. The molecular weight excluding hydrogens is 253 g/mol. The minimum atomic E-state index is 0. The summed E-state index contributed by atoms with van der Waals surface area (Å²) in [7, 11) is 0. The topological polar surface area (TPSA) is 26.0 Å². The molecular formula is C18H38NNa. The van der Waals surface area contributed by atoms with E-state index in [0.717, 1.165) is 6.54 Å². The number of rotatable bonds is 15. The average Bonchev–Trinajstić information content (AvgIpc) is 2.43. The van der Waals surface area contributed by atoms with Gasteiger partial charge < -0.3 is 7.16 Å². The third-order valence-corrected chi connectivity index (χ3v) is 3.72. The molecule has 116 valence electrons. The zero-order valence-electron chi connectivity index (χ0n) is 15.3. The first kappa shape index (κ1) is 23.0. The Bertz CT molecular complexity index is 186. The summed E-state index contributed by atoms with van der Waals surface area (Å²) in [5.74, 6) is 0. The van der Waals surface area contributed by atoms with E-state index in [1.807, 2.05) is 0 Å². The van der Waals surface area contributed by atoms with Gasteiger partial charge in [-0.15, -0.1) is 0 Å². The van der Waals surface area contributed by atoms with Crippen LogP contribution in [0.25, 0.3) is 0 Å². The van der Waals surface area contributed by atoms with Crippen LogP contribution < -0.4 is 35.3 Å². The van der Waals surface area contributed by atoms with Gasteiger partial charge in [0.15, 0.2) is 0 Å². The van der Waals surface area contributed by atoms with Crippen LogP contribution in [-0.2, 0) is 0 Å². The van der Waals surface area contributed by atoms with Gasteiger partial charge in [-0.05, 0) is 38.6 Å². The van der Waals surface area contributed by atoms with Gasteiger partial charge in [0, 0.05) is 0 Å². The van der Waals surface area contributed by atoms with Crippen molar-refractivity contribution in [2.45, 2.75) is 96.8 Å². The number of nitrogens with two attached hydrogens (primary N) is 1. The van der Waals surface area contributed by atoms with Crippen LogP contribution in [0.2, 0.25) is 0 Å². The molecule has 0 rings (SSSR count). The van der Waals surface area contributed by atoms with Gasteiger partial charge >= 0.3 is 29.6 Å². The molecule has 0 aromatic carbocycles. The summed E-state index contributed by atoms with van der Waals surface area (Å²) in [5.41, 5.74) is 5.47. The van der Waals surface area contributed by atoms with E-state index < -0.39 is 0 Å². The fourth-order valence-electron chi connectivity index (χ4n) is 2.39. The second kappa shape index (κ2) is 22.0. The Labute approximate surface area is 151 Å². The molecule has 0 aromatic rings. The van der Waals surface area contributed by atoms with Crippen LogP contribution >= 0.6 is 0 Å². The summed E-state index contributed by atoms with van der Waals surface area (Å²) < 4.78 is 0. The molecule has 0 saturated heterocycles. The Morgan fingerprint density at radius 1 is 0.650 bits per heavy atom. The monoisotopic (exact) mass is 291 g/mol. The molecule has 1 nitrogen and oxygen atoms in total. The third kappa shape index (κ3) is 21.0. The largest absolute Gasteiger partial charge is 1.00 e. The van der Waals surface area contributed by atoms with Crippen molar-refractivity contribution in [1.29, 1.82) is 0 Å². The molecule has 20 heavy (non-hydrogen) atoms. The van der Waals surface area contributed by atoms with E-state index in [1.165, 1.54) is 89.9 Å². The Kier molecular flexibility index (Phi) is 25.3. The van der Waals surface area contributed by atoms with E-state index in [0.29, 0.717) is 0 Å². The summed E-state index contributed by atoms with van der Waals surface area (Å²) in [5, 5.41) is 0. The Morgan fingerprint density at radius 2 is 1.05 bits per heavy atom. The van der Waals surface area contributed by atoms with Crippen molar-refractivity contribution in [2.75, 3.05) is 6.54 Å². The van der Waals surface area contributed by atoms with Crippen molar-refractivity contribution in [3.05, 3.63) is 12.2 Å². The van der Waals surface area contributed by atoms with Gasteiger partial charge in [-0.25, -0.2) is 0 Å². The van der Waals surface area contributed by atoms with Crippen molar-refractivity contribution < 1.29 is 31.0 Å². The summed E-state index contributed by atoms with van der Waals surface area (Å²) in [6.45, 7) is 3.14. The molecule has 2 N–H and O–H groups in total. The first-order valence-corrected chi connectivity index (χ1v) is 8.77. The number of allylic oxidation sites excluding steroid dienone is 2. The third-order valence-electron chi connectivity index (χ3n) is 3.72. The molecule has 0 radical (unpaired) electrons. The Morgan fingerprint density at radius 3 is 1.50 bits per heavy atom. The van der Waals surface area contributed by atoms with Crippen molar-refractivity contribution >= 4 is 0 Å². The molecule has 0 atom stereocenters. The first-order chi connectivity index (χ1) is 9.41. The van der Waals surface area contributed by atoms with Crippen molar-refractivity contribution in [3.63, 3.8) is 0 Å². The van der Waals surface area contributed by atoms with E-state index in [4.69, 9.17) is 5.73 Å². The standard InChI is InChI=1S/C18H37N.Na.H/c1-2-3-4-5-6-7-8-9-10-11-12-13-14-15-16-17-18-19;;/h9-10H,2-8,11-19H2,1H3;;/q;+1;-1/b10-9-;;. The van der Waals surface area contributed by atoms with Gasteiger partial charge in [-0.3, -0.25) is 0 Å². The van der Waals surface area contributed by atoms with Crippen LogP contribution in [-0.4, -0.2) is 6.54 Å². The van der Waals surface area contributed by atoms with Crippen LogP contribution in [0.4, 0.5) is 0 Å².